The lowest BCUT2D eigenvalue weighted by atomic mass is 9.89. The van der Waals surface area contributed by atoms with Crippen molar-refractivity contribution < 1.29 is 19.1 Å². The highest BCUT2D eigenvalue weighted by atomic mass is 19.1. The molecule has 1 aromatic carbocycles. The SMILES string of the molecule is CN(CC1CCCCC1)C(=O)c1ccc(C(=O)O)cc1F. The first-order valence-electron chi connectivity index (χ1n) is 7.27. The standard InChI is InChI=1S/C16H20FNO3/c1-18(10-11-5-3-2-4-6-11)15(19)13-8-7-12(16(20)21)9-14(13)17/h7-9,11H,2-6,10H2,1H3,(H,20,21). The van der Waals surface area contributed by atoms with E-state index in [0.717, 1.165) is 18.9 Å². The summed E-state index contributed by atoms with van der Waals surface area (Å²) in [5.41, 5.74) is -0.225. The summed E-state index contributed by atoms with van der Waals surface area (Å²) in [6, 6.07) is 3.40. The molecule has 114 valence electrons. The van der Waals surface area contributed by atoms with E-state index in [1.807, 2.05) is 0 Å². The number of halogens is 1. The zero-order valence-corrected chi connectivity index (χ0v) is 12.1. The van der Waals surface area contributed by atoms with Gasteiger partial charge in [0.2, 0.25) is 0 Å². The van der Waals surface area contributed by atoms with E-state index in [1.165, 1.54) is 36.3 Å². The zero-order valence-electron chi connectivity index (χ0n) is 12.1. The van der Waals surface area contributed by atoms with Gasteiger partial charge in [-0.2, -0.15) is 0 Å². The number of benzene rings is 1. The molecule has 21 heavy (non-hydrogen) atoms. The van der Waals surface area contributed by atoms with E-state index in [0.29, 0.717) is 12.5 Å². The Morgan fingerprint density at radius 2 is 1.95 bits per heavy atom. The third-order valence-corrected chi connectivity index (χ3v) is 4.05. The molecule has 0 bridgehead atoms. The quantitative estimate of drug-likeness (QED) is 0.927. The Hall–Kier alpha value is -1.91. The summed E-state index contributed by atoms with van der Waals surface area (Å²) >= 11 is 0. The molecule has 0 atom stereocenters. The minimum atomic E-state index is -1.21. The molecule has 0 radical (unpaired) electrons. The Morgan fingerprint density at radius 1 is 1.29 bits per heavy atom. The van der Waals surface area contributed by atoms with Crippen molar-refractivity contribution in [1.82, 2.24) is 4.90 Å². The third-order valence-electron chi connectivity index (χ3n) is 4.05. The lowest BCUT2D eigenvalue weighted by molar-refractivity contribution is 0.0693. The van der Waals surface area contributed by atoms with Crippen molar-refractivity contribution in [2.75, 3.05) is 13.6 Å². The fourth-order valence-electron chi connectivity index (χ4n) is 2.87. The van der Waals surface area contributed by atoms with Crippen LogP contribution >= 0.6 is 0 Å². The number of amides is 1. The highest BCUT2D eigenvalue weighted by Crippen LogP contribution is 2.24. The highest BCUT2D eigenvalue weighted by molar-refractivity contribution is 5.96. The van der Waals surface area contributed by atoms with Crippen molar-refractivity contribution in [3.63, 3.8) is 0 Å². The van der Waals surface area contributed by atoms with Crippen LogP contribution in [0.15, 0.2) is 18.2 Å². The number of carbonyl (C=O) groups excluding carboxylic acids is 1. The molecule has 1 N–H and O–H groups in total. The van der Waals surface area contributed by atoms with Crippen molar-refractivity contribution >= 4 is 11.9 Å². The van der Waals surface area contributed by atoms with Gasteiger partial charge in [0.1, 0.15) is 5.82 Å². The van der Waals surface area contributed by atoms with Crippen LogP contribution in [0.4, 0.5) is 4.39 Å². The van der Waals surface area contributed by atoms with Crippen LogP contribution in [0.5, 0.6) is 0 Å². The number of nitrogens with zero attached hydrogens (tertiary/aromatic N) is 1. The second kappa shape index (κ2) is 6.70. The van der Waals surface area contributed by atoms with E-state index in [9.17, 15) is 14.0 Å². The number of hydrogen-bond donors (Lipinski definition) is 1. The maximum absolute atomic E-state index is 13.9. The van der Waals surface area contributed by atoms with Crippen molar-refractivity contribution in [3.8, 4) is 0 Å². The number of aromatic carboxylic acids is 1. The van der Waals surface area contributed by atoms with Crippen LogP contribution in [-0.4, -0.2) is 35.5 Å². The molecule has 1 fully saturated rings. The number of carbonyl (C=O) groups is 2. The van der Waals surface area contributed by atoms with Crippen LogP contribution in [0.3, 0.4) is 0 Å². The first-order chi connectivity index (χ1) is 9.99. The topological polar surface area (TPSA) is 57.6 Å². The Labute approximate surface area is 123 Å². The molecule has 0 saturated heterocycles. The number of carboxylic acid groups (broad SMARTS) is 1. The first kappa shape index (κ1) is 15.5. The van der Waals surface area contributed by atoms with Crippen molar-refractivity contribution in [2.45, 2.75) is 32.1 Å². The summed E-state index contributed by atoms with van der Waals surface area (Å²) in [6.07, 6.45) is 5.85. The predicted octanol–water partition coefficient (Wildman–Crippen LogP) is 3.18. The molecule has 5 heteroatoms. The van der Waals surface area contributed by atoms with Gasteiger partial charge in [-0.3, -0.25) is 4.79 Å². The normalized spacial score (nSPS) is 15.7. The van der Waals surface area contributed by atoms with E-state index in [1.54, 1.807) is 7.05 Å². The Bertz CT molecular complexity index is 538. The van der Waals surface area contributed by atoms with Crippen LogP contribution in [0.25, 0.3) is 0 Å². The largest absolute Gasteiger partial charge is 0.478 e. The van der Waals surface area contributed by atoms with E-state index in [2.05, 4.69) is 0 Å². The molecule has 4 nitrogen and oxygen atoms in total. The molecule has 1 aliphatic carbocycles. The average Bonchev–Trinajstić information content (AvgIpc) is 2.47. The Morgan fingerprint density at radius 3 is 2.52 bits per heavy atom. The van der Waals surface area contributed by atoms with E-state index >= 15 is 0 Å². The Kier molecular flexibility index (Phi) is 4.94. The summed E-state index contributed by atoms with van der Waals surface area (Å²) in [7, 11) is 1.67. The van der Waals surface area contributed by atoms with Gasteiger partial charge in [-0.25, -0.2) is 9.18 Å². The summed E-state index contributed by atoms with van der Waals surface area (Å²) < 4.78 is 13.9. The van der Waals surface area contributed by atoms with Crippen LogP contribution in [0.2, 0.25) is 0 Å². The minimum Gasteiger partial charge on any atom is -0.478 e. The van der Waals surface area contributed by atoms with Gasteiger partial charge in [-0.05, 0) is 37.0 Å². The summed E-state index contributed by atoms with van der Waals surface area (Å²) in [5.74, 6) is -1.90. The van der Waals surface area contributed by atoms with E-state index in [-0.39, 0.29) is 11.1 Å². The average molecular weight is 293 g/mol. The van der Waals surface area contributed by atoms with Gasteiger partial charge in [0.25, 0.3) is 5.91 Å². The fraction of sp³-hybridized carbons (Fsp3) is 0.500. The van der Waals surface area contributed by atoms with Crippen LogP contribution in [-0.2, 0) is 0 Å². The smallest absolute Gasteiger partial charge is 0.335 e. The second-order valence-electron chi connectivity index (χ2n) is 5.69. The summed E-state index contributed by atoms with van der Waals surface area (Å²) in [6.45, 7) is 0.624. The van der Waals surface area contributed by atoms with Crippen molar-refractivity contribution in [3.05, 3.63) is 35.1 Å². The van der Waals surface area contributed by atoms with Gasteiger partial charge in [-0.1, -0.05) is 19.3 Å². The monoisotopic (exact) mass is 293 g/mol. The molecular formula is C16H20FNO3. The summed E-state index contributed by atoms with van der Waals surface area (Å²) in [5, 5.41) is 8.80. The maximum atomic E-state index is 13.9. The van der Waals surface area contributed by atoms with Crippen molar-refractivity contribution in [2.24, 2.45) is 5.92 Å². The molecule has 0 aromatic heterocycles. The first-order valence-corrected chi connectivity index (χ1v) is 7.27. The molecule has 1 aliphatic rings. The minimum absolute atomic E-state index is 0.0710. The molecule has 0 unspecified atom stereocenters. The second-order valence-corrected chi connectivity index (χ2v) is 5.69. The van der Waals surface area contributed by atoms with Gasteiger partial charge in [0, 0.05) is 13.6 Å². The zero-order chi connectivity index (χ0) is 15.4. The fourth-order valence-corrected chi connectivity index (χ4v) is 2.87. The van der Waals surface area contributed by atoms with Gasteiger partial charge in [-0.15, -0.1) is 0 Å². The maximum Gasteiger partial charge on any atom is 0.335 e. The predicted molar refractivity (Wildman–Crippen MR) is 76.9 cm³/mol. The molecule has 1 amide bonds. The molecule has 1 saturated carbocycles. The highest BCUT2D eigenvalue weighted by Gasteiger charge is 2.21. The lowest BCUT2D eigenvalue weighted by Gasteiger charge is -2.27. The van der Waals surface area contributed by atoms with E-state index < -0.39 is 17.7 Å². The molecular weight excluding hydrogens is 273 g/mol. The number of carboxylic acids is 1. The van der Waals surface area contributed by atoms with Crippen LogP contribution < -0.4 is 0 Å². The van der Waals surface area contributed by atoms with Gasteiger partial charge in [0.05, 0.1) is 11.1 Å². The Balaban J connectivity index is 2.06. The van der Waals surface area contributed by atoms with Gasteiger partial charge in [0.15, 0.2) is 0 Å². The molecule has 0 heterocycles. The molecule has 1 aromatic rings. The van der Waals surface area contributed by atoms with Crippen molar-refractivity contribution in [1.29, 1.82) is 0 Å². The number of hydrogen-bond acceptors (Lipinski definition) is 2. The molecule has 0 aliphatic heterocycles. The van der Waals surface area contributed by atoms with Crippen LogP contribution in [0, 0.1) is 11.7 Å². The summed E-state index contributed by atoms with van der Waals surface area (Å²) in [4.78, 5) is 24.6. The third kappa shape index (κ3) is 3.80. The van der Waals surface area contributed by atoms with Gasteiger partial charge >= 0.3 is 5.97 Å². The number of rotatable bonds is 4. The van der Waals surface area contributed by atoms with E-state index in [4.69, 9.17) is 5.11 Å². The van der Waals surface area contributed by atoms with Gasteiger partial charge < -0.3 is 10.0 Å². The lowest BCUT2D eigenvalue weighted by Crippen LogP contribution is -2.33. The molecule has 0 spiro atoms. The molecule has 2 rings (SSSR count). The van der Waals surface area contributed by atoms with Crippen LogP contribution in [0.1, 0.15) is 52.8 Å².